The lowest BCUT2D eigenvalue weighted by Crippen LogP contribution is -2.08. The van der Waals surface area contributed by atoms with Gasteiger partial charge in [0.15, 0.2) is 0 Å². The number of halogens is 3. The summed E-state index contributed by atoms with van der Waals surface area (Å²) in [5.41, 5.74) is 6.92. The van der Waals surface area contributed by atoms with E-state index < -0.39 is 11.7 Å². The predicted octanol–water partition coefficient (Wildman–Crippen LogP) is 4.04. The first-order valence-electron chi connectivity index (χ1n) is 5.94. The molecule has 0 aliphatic rings. The van der Waals surface area contributed by atoms with Gasteiger partial charge in [-0.25, -0.2) is 4.98 Å². The predicted molar refractivity (Wildman–Crippen MR) is 72.9 cm³/mol. The summed E-state index contributed by atoms with van der Waals surface area (Å²) >= 11 is 0. The van der Waals surface area contributed by atoms with Crippen LogP contribution in [0.4, 0.5) is 30.4 Å². The zero-order chi connectivity index (χ0) is 14.9. The average molecular weight is 281 g/mol. The Balaban J connectivity index is 2.32. The second-order valence-electron chi connectivity index (χ2n) is 4.58. The third kappa shape index (κ3) is 3.01. The van der Waals surface area contributed by atoms with Gasteiger partial charge in [0, 0.05) is 23.6 Å². The van der Waals surface area contributed by atoms with Crippen molar-refractivity contribution in [2.24, 2.45) is 0 Å². The SMILES string of the molecule is Cc1cnc(Nc2ccc(C)c(C(F)(F)F)c2)cc1N. The van der Waals surface area contributed by atoms with Crippen molar-refractivity contribution in [3.05, 3.63) is 47.2 Å². The molecule has 0 fully saturated rings. The fraction of sp³-hybridized carbons (Fsp3) is 0.214. The van der Waals surface area contributed by atoms with E-state index in [1.165, 1.54) is 13.0 Å². The molecule has 0 aliphatic heterocycles. The molecule has 0 radical (unpaired) electrons. The van der Waals surface area contributed by atoms with E-state index in [9.17, 15) is 13.2 Å². The number of alkyl halides is 3. The van der Waals surface area contributed by atoms with Crippen molar-refractivity contribution in [3.63, 3.8) is 0 Å². The van der Waals surface area contributed by atoms with Crippen molar-refractivity contribution in [2.45, 2.75) is 20.0 Å². The van der Waals surface area contributed by atoms with Gasteiger partial charge in [-0.2, -0.15) is 13.2 Å². The van der Waals surface area contributed by atoms with E-state index in [0.717, 1.165) is 11.6 Å². The molecular formula is C14H14F3N3. The van der Waals surface area contributed by atoms with Crippen molar-refractivity contribution in [3.8, 4) is 0 Å². The number of anilines is 3. The van der Waals surface area contributed by atoms with E-state index in [0.29, 0.717) is 17.2 Å². The Kier molecular flexibility index (Phi) is 3.57. The van der Waals surface area contributed by atoms with Crippen LogP contribution in [0.2, 0.25) is 0 Å². The minimum absolute atomic E-state index is 0.180. The lowest BCUT2D eigenvalue weighted by Gasteiger charge is -2.13. The van der Waals surface area contributed by atoms with Crippen LogP contribution in [0.5, 0.6) is 0 Å². The smallest absolute Gasteiger partial charge is 0.398 e. The summed E-state index contributed by atoms with van der Waals surface area (Å²) in [6, 6.07) is 5.64. The van der Waals surface area contributed by atoms with Crippen molar-refractivity contribution in [1.29, 1.82) is 0 Å². The minimum atomic E-state index is -4.37. The molecule has 20 heavy (non-hydrogen) atoms. The summed E-state index contributed by atoms with van der Waals surface area (Å²) in [6.07, 6.45) is -2.81. The molecular weight excluding hydrogens is 267 g/mol. The van der Waals surface area contributed by atoms with Gasteiger partial charge in [0.05, 0.1) is 5.56 Å². The first-order chi connectivity index (χ1) is 9.27. The third-order valence-electron chi connectivity index (χ3n) is 2.96. The molecule has 0 spiro atoms. The molecule has 0 unspecified atom stereocenters. The molecule has 0 bridgehead atoms. The Hall–Kier alpha value is -2.24. The Morgan fingerprint density at radius 2 is 1.80 bits per heavy atom. The standard InChI is InChI=1S/C14H14F3N3/c1-8-3-4-10(5-11(8)14(15,16)17)20-13-6-12(18)9(2)7-19-13/h3-7H,1-2H3,(H3,18,19,20). The molecule has 0 saturated heterocycles. The van der Waals surface area contributed by atoms with Gasteiger partial charge < -0.3 is 11.1 Å². The summed E-state index contributed by atoms with van der Waals surface area (Å²) in [7, 11) is 0. The van der Waals surface area contributed by atoms with Crippen LogP contribution < -0.4 is 11.1 Å². The van der Waals surface area contributed by atoms with Crippen LogP contribution in [0.1, 0.15) is 16.7 Å². The van der Waals surface area contributed by atoms with Crippen LogP contribution in [-0.2, 0) is 6.18 Å². The fourth-order valence-electron chi connectivity index (χ4n) is 1.76. The number of aromatic nitrogens is 1. The maximum Gasteiger partial charge on any atom is 0.416 e. The normalized spacial score (nSPS) is 11.4. The van der Waals surface area contributed by atoms with Gasteiger partial charge in [0.2, 0.25) is 0 Å². The molecule has 1 heterocycles. The summed E-state index contributed by atoms with van der Waals surface area (Å²) in [4.78, 5) is 4.08. The van der Waals surface area contributed by atoms with Gasteiger partial charge in [-0.05, 0) is 37.1 Å². The Labute approximate surface area is 114 Å². The van der Waals surface area contributed by atoms with Gasteiger partial charge >= 0.3 is 6.18 Å². The van der Waals surface area contributed by atoms with E-state index in [-0.39, 0.29) is 5.56 Å². The zero-order valence-corrected chi connectivity index (χ0v) is 11.0. The number of hydrogen-bond acceptors (Lipinski definition) is 3. The number of pyridine rings is 1. The summed E-state index contributed by atoms with van der Waals surface area (Å²) in [5, 5.41) is 2.82. The number of nitrogen functional groups attached to an aromatic ring is 1. The van der Waals surface area contributed by atoms with Crippen molar-refractivity contribution in [1.82, 2.24) is 4.98 Å². The summed E-state index contributed by atoms with van der Waals surface area (Å²) in [6.45, 7) is 3.23. The van der Waals surface area contributed by atoms with Crippen molar-refractivity contribution < 1.29 is 13.2 Å². The highest BCUT2D eigenvalue weighted by molar-refractivity contribution is 5.62. The van der Waals surface area contributed by atoms with Crippen LogP contribution >= 0.6 is 0 Å². The molecule has 0 saturated carbocycles. The Bertz CT molecular complexity index is 636. The highest BCUT2D eigenvalue weighted by Crippen LogP contribution is 2.34. The quantitative estimate of drug-likeness (QED) is 0.873. The highest BCUT2D eigenvalue weighted by Gasteiger charge is 2.32. The first-order valence-corrected chi connectivity index (χ1v) is 5.94. The van der Waals surface area contributed by atoms with Crippen LogP contribution in [0, 0.1) is 13.8 Å². The molecule has 3 N–H and O–H groups in total. The van der Waals surface area contributed by atoms with Gasteiger partial charge in [-0.1, -0.05) is 6.07 Å². The molecule has 2 aromatic rings. The number of benzene rings is 1. The molecule has 0 amide bonds. The van der Waals surface area contributed by atoms with Crippen LogP contribution in [-0.4, -0.2) is 4.98 Å². The van der Waals surface area contributed by atoms with Gasteiger partial charge in [0.1, 0.15) is 5.82 Å². The maximum absolute atomic E-state index is 12.8. The van der Waals surface area contributed by atoms with E-state index in [1.54, 1.807) is 25.3 Å². The van der Waals surface area contributed by atoms with Crippen LogP contribution in [0.15, 0.2) is 30.5 Å². The summed E-state index contributed by atoms with van der Waals surface area (Å²) < 4.78 is 38.5. The number of nitrogens with one attached hydrogen (secondary N) is 1. The summed E-state index contributed by atoms with van der Waals surface area (Å²) in [5.74, 6) is 0.407. The monoisotopic (exact) mass is 281 g/mol. The van der Waals surface area contributed by atoms with Crippen LogP contribution in [0.3, 0.4) is 0 Å². The van der Waals surface area contributed by atoms with Crippen molar-refractivity contribution in [2.75, 3.05) is 11.1 Å². The highest BCUT2D eigenvalue weighted by atomic mass is 19.4. The molecule has 1 aromatic heterocycles. The molecule has 0 atom stereocenters. The average Bonchev–Trinajstić information content (AvgIpc) is 2.35. The maximum atomic E-state index is 12.8. The molecule has 6 heteroatoms. The first kappa shape index (κ1) is 14.2. The van der Waals surface area contributed by atoms with E-state index in [1.807, 2.05) is 0 Å². The number of nitrogens with zero attached hydrogens (tertiary/aromatic N) is 1. The number of hydrogen-bond donors (Lipinski definition) is 2. The Morgan fingerprint density at radius 1 is 1.10 bits per heavy atom. The van der Waals surface area contributed by atoms with Gasteiger partial charge in [0.25, 0.3) is 0 Å². The second-order valence-corrected chi connectivity index (χ2v) is 4.58. The zero-order valence-electron chi connectivity index (χ0n) is 11.0. The molecule has 2 rings (SSSR count). The molecule has 106 valence electrons. The number of aryl methyl sites for hydroxylation is 2. The fourth-order valence-corrected chi connectivity index (χ4v) is 1.76. The van der Waals surface area contributed by atoms with Crippen molar-refractivity contribution >= 4 is 17.2 Å². The lowest BCUT2D eigenvalue weighted by molar-refractivity contribution is -0.138. The Morgan fingerprint density at radius 3 is 2.40 bits per heavy atom. The van der Waals surface area contributed by atoms with E-state index >= 15 is 0 Å². The molecule has 0 aliphatic carbocycles. The second kappa shape index (κ2) is 5.03. The topological polar surface area (TPSA) is 50.9 Å². The van der Waals surface area contributed by atoms with Gasteiger partial charge in [-0.15, -0.1) is 0 Å². The minimum Gasteiger partial charge on any atom is -0.398 e. The molecule has 1 aromatic carbocycles. The lowest BCUT2D eigenvalue weighted by atomic mass is 10.1. The third-order valence-corrected chi connectivity index (χ3v) is 2.96. The van der Waals surface area contributed by atoms with Crippen LogP contribution in [0.25, 0.3) is 0 Å². The van der Waals surface area contributed by atoms with E-state index in [4.69, 9.17) is 5.73 Å². The van der Waals surface area contributed by atoms with Gasteiger partial charge in [-0.3, -0.25) is 0 Å². The largest absolute Gasteiger partial charge is 0.416 e. The molecule has 3 nitrogen and oxygen atoms in total. The van der Waals surface area contributed by atoms with E-state index in [2.05, 4.69) is 10.3 Å². The number of rotatable bonds is 2. The number of nitrogens with two attached hydrogens (primary N) is 1.